The maximum Gasteiger partial charge on any atom is 0.203 e. The van der Waals surface area contributed by atoms with Crippen LogP contribution in [0.1, 0.15) is 17.3 Å². The van der Waals surface area contributed by atoms with Gasteiger partial charge in [0.2, 0.25) is 5.75 Å². The van der Waals surface area contributed by atoms with Gasteiger partial charge in [-0.1, -0.05) is 15.9 Å². The number of benzene rings is 1. The zero-order chi connectivity index (χ0) is 11.4. The summed E-state index contributed by atoms with van der Waals surface area (Å²) in [6.45, 7) is 2.04. The fraction of sp³-hybridized carbons (Fsp3) is 0.455. The topological polar surface area (TPSA) is 27.7 Å². The minimum absolute atomic E-state index is 0.242. The maximum absolute atomic E-state index is 5.24. The van der Waals surface area contributed by atoms with E-state index in [-0.39, 0.29) is 4.83 Å². The molecule has 0 heterocycles. The average molecular weight is 275 g/mol. The summed E-state index contributed by atoms with van der Waals surface area (Å²) < 4.78 is 15.7. The smallest absolute Gasteiger partial charge is 0.203 e. The first-order chi connectivity index (χ1) is 7.13. The minimum Gasteiger partial charge on any atom is -0.493 e. The third-order valence-electron chi connectivity index (χ3n) is 2.15. The van der Waals surface area contributed by atoms with Gasteiger partial charge in [0.15, 0.2) is 11.5 Å². The minimum atomic E-state index is 0.242. The number of rotatable bonds is 4. The molecule has 0 fully saturated rings. The number of methoxy groups -OCH3 is 3. The molecule has 1 atom stereocenters. The second-order valence-corrected chi connectivity index (χ2v) is 4.45. The van der Waals surface area contributed by atoms with Crippen LogP contribution in [0.4, 0.5) is 0 Å². The van der Waals surface area contributed by atoms with Crippen LogP contribution < -0.4 is 14.2 Å². The fourth-order valence-electron chi connectivity index (χ4n) is 1.33. The Kier molecular flexibility index (Phi) is 4.27. The van der Waals surface area contributed by atoms with Crippen molar-refractivity contribution in [1.82, 2.24) is 0 Å². The van der Waals surface area contributed by atoms with Crippen LogP contribution in [0.5, 0.6) is 17.2 Å². The average Bonchev–Trinajstić information content (AvgIpc) is 2.26. The first-order valence-corrected chi connectivity index (χ1v) is 5.49. The quantitative estimate of drug-likeness (QED) is 0.790. The van der Waals surface area contributed by atoms with Gasteiger partial charge < -0.3 is 14.2 Å². The van der Waals surface area contributed by atoms with Gasteiger partial charge in [0, 0.05) is 4.83 Å². The van der Waals surface area contributed by atoms with Crippen LogP contribution in [0.3, 0.4) is 0 Å². The highest BCUT2D eigenvalue weighted by molar-refractivity contribution is 9.09. The van der Waals surface area contributed by atoms with Crippen molar-refractivity contribution in [3.8, 4) is 17.2 Å². The predicted molar refractivity (Wildman–Crippen MR) is 63.4 cm³/mol. The summed E-state index contributed by atoms with van der Waals surface area (Å²) in [4.78, 5) is 0.242. The number of hydrogen-bond donors (Lipinski definition) is 0. The lowest BCUT2D eigenvalue weighted by Gasteiger charge is -2.14. The van der Waals surface area contributed by atoms with E-state index in [0.717, 1.165) is 5.56 Å². The van der Waals surface area contributed by atoms with Crippen LogP contribution in [0.2, 0.25) is 0 Å². The van der Waals surface area contributed by atoms with E-state index in [9.17, 15) is 0 Å². The molecule has 0 aromatic heterocycles. The molecule has 0 N–H and O–H groups in total. The summed E-state index contributed by atoms with van der Waals surface area (Å²) in [7, 11) is 4.82. The maximum atomic E-state index is 5.24. The van der Waals surface area contributed by atoms with E-state index in [2.05, 4.69) is 15.9 Å². The third kappa shape index (κ3) is 2.56. The Hall–Kier alpha value is -0.900. The molecule has 0 aliphatic rings. The van der Waals surface area contributed by atoms with Gasteiger partial charge in [-0.05, 0) is 24.6 Å². The number of halogens is 1. The van der Waals surface area contributed by atoms with Crippen molar-refractivity contribution in [1.29, 1.82) is 0 Å². The van der Waals surface area contributed by atoms with E-state index < -0.39 is 0 Å². The molecule has 0 aliphatic heterocycles. The van der Waals surface area contributed by atoms with E-state index in [0.29, 0.717) is 17.2 Å². The molecular weight excluding hydrogens is 260 g/mol. The second kappa shape index (κ2) is 5.26. The van der Waals surface area contributed by atoms with E-state index in [4.69, 9.17) is 14.2 Å². The number of alkyl halides is 1. The molecule has 0 saturated heterocycles. The number of ether oxygens (including phenoxy) is 3. The Bertz CT molecular complexity index is 312. The van der Waals surface area contributed by atoms with Gasteiger partial charge >= 0.3 is 0 Å². The lowest BCUT2D eigenvalue weighted by Crippen LogP contribution is -1.97. The lowest BCUT2D eigenvalue weighted by molar-refractivity contribution is 0.324. The van der Waals surface area contributed by atoms with Crippen LogP contribution in [0, 0.1) is 0 Å². The van der Waals surface area contributed by atoms with Crippen molar-refractivity contribution < 1.29 is 14.2 Å². The van der Waals surface area contributed by atoms with Crippen molar-refractivity contribution in [3.05, 3.63) is 17.7 Å². The molecule has 0 radical (unpaired) electrons. The predicted octanol–water partition coefficient (Wildman–Crippen LogP) is 3.17. The number of hydrogen-bond acceptors (Lipinski definition) is 3. The van der Waals surface area contributed by atoms with Gasteiger partial charge in [-0.25, -0.2) is 0 Å². The Balaban J connectivity index is 3.29. The van der Waals surface area contributed by atoms with Crippen molar-refractivity contribution in [2.24, 2.45) is 0 Å². The Morgan fingerprint density at radius 1 is 1.00 bits per heavy atom. The Morgan fingerprint density at radius 2 is 1.47 bits per heavy atom. The Labute approximate surface area is 98.5 Å². The zero-order valence-corrected chi connectivity index (χ0v) is 10.9. The highest BCUT2D eigenvalue weighted by atomic mass is 79.9. The van der Waals surface area contributed by atoms with Gasteiger partial charge in [-0.15, -0.1) is 0 Å². The summed E-state index contributed by atoms with van der Waals surface area (Å²) in [5, 5.41) is 0. The normalized spacial score (nSPS) is 12.1. The summed E-state index contributed by atoms with van der Waals surface area (Å²) in [6, 6.07) is 3.86. The molecule has 1 aromatic carbocycles. The van der Waals surface area contributed by atoms with Gasteiger partial charge in [0.05, 0.1) is 21.3 Å². The zero-order valence-electron chi connectivity index (χ0n) is 9.33. The molecule has 1 rings (SSSR count). The molecule has 15 heavy (non-hydrogen) atoms. The molecule has 3 nitrogen and oxygen atoms in total. The van der Waals surface area contributed by atoms with Gasteiger partial charge in [-0.2, -0.15) is 0 Å². The van der Waals surface area contributed by atoms with Crippen LogP contribution in [0.25, 0.3) is 0 Å². The summed E-state index contributed by atoms with van der Waals surface area (Å²) in [5.74, 6) is 1.98. The van der Waals surface area contributed by atoms with Crippen LogP contribution in [-0.4, -0.2) is 21.3 Å². The molecule has 0 saturated carbocycles. The highest BCUT2D eigenvalue weighted by Crippen LogP contribution is 2.40. The van der Waals surface area contributed by atoms with Crippen LogP contribution >= 0.6 is 15.9 Å². The molecule has 0 spiro atoms. The monoisotopic (exact) mass is 274 g/mol. The summed E-state index contributed by atoms with van der Waals surface area (Å²) in [5.41, 5.74) is 1.09. The summed E-state index contributed by atoms with van der Waals surface area (Å²) >= 11 is 3.50. The van der Waals surface area contributed by atoms with Gasteiger partial charge in [0.1, 0.15) is 0 Å². The fourth-order valence-corrected chi connectivity index (χ4v) is 1.60. The van der Waals surface area contributed by atoms with Crippen molar-refractivity contribution >= 4 is 15.9 Å². The largest absolute Gasteiger partial charge is 0.493 e. The van der Waals surface area contributed by atoms with Crippen molar-refractivity contribution in [3.63, 3.8) is 0 Å². The molecule has 0 aliphatic carbocycles. The highest BCUT2D eigenvalue weighted by Gasteiger charge is 2.14. The van der Waals surface area contributed by atoms with Gasteiger partial charge in [0.25, 0.3) is 0 Å². The molecule has 84 valence electrons. The van der Waals surface area contributed by atoms with Gasteiger partial charge in [-0.3, -0.25) is 0 Å². The van der Waals surface area contributed by atoms with Crippen LogP contribution in [0.15, 0.2) is 12.1 Å². The molecule has 0 bridgehead atoms. The van der Waals surface area contributed by atoms with E-state index in [1.807, 2.05) is 19.1 Å². The van der Waals surface area contributed by atoms with Crippen molar-refractivity contribution in [2.75, 3.05) is 21.3 Å². The third-order valence-corrected chi connectivity index (χ3v) is 2.68. The first kappa shape index (κ1) is 12.2. The molecular formula is C11H15BrO3. The molecule has 4 heteroatoms. The van der Waals surface area contributed by atoms with Crippen molar-refractivity contribution in [2.45, 2.75) is 11.8 Å². The SMILES string of the molecule is COc1cc(C(C)Br)cc(OC)c1OC. The van der Waals surface area contributed by atoms with E-state index in [1.165, 1.54) is 0 Å². The van der Waals surface area contributed by atoms with E-state index in [1.54, 1.807) is 21.3 Å². The first-order valence-electron chi connectivity index (χ1n) is 4.58. The molecule has 1 aromatic rings. The standard InChI is InChI=1S/C11H15BrO3/c1-7(12)8-5-9(13-2)11(15-4)10(6-8)14-3/h5-7H,1-4H3. The second-order valence-electron chi connectivity index (χ2n) is 3.07. The lowest BCUT2D eigenvalue weighted by atomic mass is 10.1. The Morgan fingerprint density at radius 3 is 1.73 bits per heavy atom. The molecule has 1 unspecified atom stereocenters. The van der Waals surface area contributed by atoms with E-state index >= 15 is 0 Å². The molecule has 0 amide bonds. The summed E-state index contributed by atoms with van der Waals surface area (Å²) in [6.07, 6.45) is 0. The van der Waals surface area contributed by atoms with Crippen LogP contribution in [-0.2, 0) is 0 Å².